The number of anilines is 2. The van der Waals surface area contributed by atoms with E-state index in [0.717, 1.165) is 22.8 Å². The minimum atomic E-state index is 0.653. The van der Waals surface area contributed by atoms with Gasteiger partial charge in [-0.1, -0.05) is 6.07 Å². The van der Waals surface area contributed by atoms with Crippen LogP contribution in [0.2, 0.25) is 0 Å². The fourth-order valence-electron chi connectivity index (χ4n) is 1.74. The Labute approximate surface area is 107 Å². The highest BCUT2D eigenvalue weighted by Crippen LogP contribution is 2.22. The quantitative estimate of drug-likeness (QED) is 0.809. The van der Waals surface area contributed by atoms with Crippen LogP contribution in [-0.2, 0) is 13.6 Å². The van der Waals surface area contributed by atoms with E-state index in [4.69, 9.17) is 10.5 Å². The molecule has 0 bridgehead atoms. The van der Waals surface area contributed by atoms with Crippen LogP contribution in [0, 0.1) is 6.92 Å². The summed E-state index contributed by atoms with van der Waals surface area (Å²) < 4.78 is 7.13. The zero-order chi connectivity index (χ0) is 13.1. The van der Waals surface area contributed by atoms with Gasteiger partial charge in [-0.2, -0.15) is 5.10 Å². The lowest BCUT2D eigenvalue weighted by molar-refractivity contribution is 0.410. The summed E-state index contributed by atoms with van der Waals surface area (Å²) in [5.41, 5.74) is 8.58. The summed E-state index contributed by atoms with van der Waals surface area (Å²) in [5.74, 6) is 1.64. The van der Waals surface area contributed by atoms with E-state index in [1.807, 2.05) is 42.9 Å². The zero-order valence-corrected chi connectivity index (χ0v) is 10.9. The van der Waals surface area contributed by atoms with Crippen LogP contribution in [0.3, 0.4) is 0 Å². The maximum Gasteiger partial charge on any atom is 0.148 e. The number of hydrogen-bond acceptors (Lipinski definition) is 4. The molecule has 0 saturated heterocycles. The molecule has 2 rings (SSSR count). The lowest BCUT2D eigenvalue weighted by Crippen LogP contribution is -2.03. The van der Waals surface area contributed by atoms with Crippen molar-refractivity contribution in [2.45, 2.75) is 13.5 Å². The van der Waals surface area contributed by atoms with Crippen molar-refractivity contribution in [3.63, 3.8) is 0 Å². The number of ether oxygens (including phenoxy) is 1. The summed E-state index contributed by atoms with van der Waals surface area (Å²) in [6.07, 6.45) is 0. The van der Waals surface area contributed by atoms with E-state index in [-0.39, 0.29) is 0 Å². The third-order valence-corrected chi connectivity index (χ3v) is 2.88. The summed E-state index contributed by atoms with van der Waals surface area (Å²) in [6.45, 7) is 2.67. The van der Waals surface area contributed by atoms with Gasteiger partial charge in [0.25, 0.3) is 0 Å². The number of aromatic nitrogens is 2. The molecule has 0 radical (unpaired) electrons. The number of aryl methyl sites for hydroxylation is 2. The zero-order valence-electron chi connectivity index (χ0n) is 10.9. The number of nitrogens with one attached hydrogen (secondary N) is 1. The molecule has 0 spiro atoms. The average molecular weight is 246 g/mol. The van der Waals surface area contributed by atoms with Crippen molar-refractivity contribution in [1.29, 1.82) is 0 Å². The smallest absolute Gasteiger partial charge is 0.148 e. The molecule has 0 fully saturated rings. The number of hydrogen-bond donors (Lipinski definition) is 2. The van der Waals surface area contributed by atoms with Gasteiger partial charge in [0.2, 0.25) is 0 Å². The molecule has 5 heteroatoms. The maximum absolute atomic E-state index is 5.72. The summed E-state index contributed by atoms with van der Waals surface area (Å²) >= 11 is 0. The van der Waals surface area contributed by atoms with E-state index in [1.165, 1.54) is 0 Å². The number of nitrogens with two attached hydrogens (primary N) is 1. The minimum Gasteiger partial charge on any atom is -0.496 e. The van der Waals surface area contributed by atoms with Crippen LogP contribution < -0.4 is 15.8 Å². The van der Waals surface area contributed by atoms with Crippen molar-refractivity contribution in [3.8, 4) is 5.75 Å². The Balaban J connectivity index is 2.10. The Morgan fingerprint density at radius 2 is 2.17 bits per heavy atom. The second-order valence-electron chi connectivity index (χ2n) is 4.22. The van der Waals surface area contributed by atoms with Gasteiger partial charge < -0.3 is 15.8 Å². The molecule has 0 unspecified atom stereocenters. The molecule has 0 atom stereocenters. The molecule has 2 aromatic rings. The van der Waals surface area contributed by atoms with Crippen molar-refractivity contribution in [2.24, 2.45) is 7.05 Å². The van der Waals surface area contributed by atoms with Crippen LogP contribution in [0.4, 0.5) is 11.5 Å². The van der Waals surface area contributed by atoms with E-state index in [9.17, 15) is 0 Å². The molecule has 0 aliphatic heterocycles. The lowest BCUT2D eigenvalue weighted by Gasteiger charge is -2.09. The summed E-state index contributed by atoms with van der Waals surface area (Å²) in [4.78, 5) is 0. The minimum absolute atomic E-state index is 0.653. The predicted octanol–water partition coefficient (Wildman–Crippen LogP) is 1.93. The third kappa shape index (κ3) is 2.56. The van der Waals surface area contributed by atoms with Gasteiger partial charge in [-0.15, -0.1) is 0 Å². The average Bonchev–Trinajstić information content (AvgIpc) is 2.67. The summed E-state index contributed by atoms with van der Waals surface area (Å²) in [6, 6.07) is 7.64. The Morgan fingerprint density at radius 3 is 2.78 bits per heavy atom. The molecule has 96 valence electrons. The number of nitrogen functional groups attached to an aromatic ring is 1. The van der Waals surface area contributed by atoms with E-state index in [1.54, 1.807) is 7.11 Å². The van der Waals surface area contributed by atoms with Crippen LogP contribution in [0.15, 0.2) is 24.3 Å². The van der Waals surface area contributed by atoms with Gasteiger partial charge in [-0.3, -0.25) is 4.68 Å². The van der Waals surface area contributed by atoms with Crippen LogP contribution in [0.25, 0.3) is 0 Å². The molecule has 1 heterocycles. The number of benzene rings is 1. The van der Waals surface area contributed by atoms with Crippen molar-refractivity contribution < 1.29 is 4.74 Å². The van der Waals surface area contributed by atoms with Gasteiger partial charge in [-0.25, -0.2) is 0 Å². The van der Waals surface area contributed by atoms with Gasteiger partial charge in [0.05, 0.1) is 7.11 Å². The fourth-order valence-corrected chi connectivity index (χ4v) is 1.74. The fraction of sp³-hybridized carbons (Fsp3) is 0.308. The normalized spacial score (nSPS) is 10.4. The van der Waals surface area contributed by atoms with Crippen LogP contribution in [-0.4, -0.2) is 16.9 Å². The Hall–Kier alpha value is -2.17. The van der Waals surface area contributed by atoms with E-state index < -0.39 is 0 Å². The van der Waals surface area contributed by atoms with Gasteiger partial charge in [0.1, 0.15) is 11.6 Å². The molecule has 0 amide bonds. The third-order valence-electron chi connectivity index (χ3n) is 2.88. The van der Waals surface area contributed by atoms with Crippen LogP contribution in [0.5, 0.6) is 5.75 Å². The molecule has 18 heavy (non-hydrogen) atoms. The summed E-state index contributed by atoms with van der Waals surface area (Å²) in [5, 5.41) is 7.60. The first-order valence-electron chi connectivity index (χ1n) is 5.77. The Kier molecular flexibility index (Phi) is 3.41. The molecular weight excluding hydrogens is 228 g/mol. The predicted molar refractivity (Wildman–Crippen MR) is 72.7 cm³/mol. The molecule has 3 N–H and O–H groups in total. The SMILES string of the molecule is COc1cc(N)ccc1CNc1cc(C)n(C)n1. The monoisotopic (exact) mass is 246 g/mol. The van der Waals surface area contributed by atoms with Crippen molar-refractivity contribution in [2.75, 3.05) is 18.2 Å². The van der Waals surface area contributed by atoms with E-state index >= 15 is 0 Å². The Morgan fingerprint density at radius 1 is 1.39 bits per heavy atom. The first-order valence-corrected chi connectivity index (χ1v) is 5.77. The molecule has 0 aliphatic carbocycles. The molecule has 0 saturated carbocycles. The topological polar surface area (TPSA) is 65.1 Å². The lowest BCUT2D eigenvalue weighted by atomic mass is 10.2. The van der Waals surface area contributed by atoms with Crippen molar-refractivity contribution >= 4 is 11.5 Å². The van der Waals surface area contributed by atoms with Gasteiger partial charge >= 0.3 is 0 Å². The van der Waals surface area contributed by atoms with Gasteiger partial charge in [0.15, 0.2) is 0 Å². The first kappa shape index (κ1) is 12.3. The molecule has 1 aromatic carbocycles. The first-order chi connectivity index (χ1) is 8.60. The van der Waals surface area contributed by atoms with E-state index in [0.29, 0.717) is 12.2 Å². The molecular formula is C13H18N4O. The standard InChI is InChI=1S/C13H18N4O/c1-9-6-13(16-17(9)2)15-8-10-4-5-11(14)7-12(10)18-3/h4-7H,8,14H2,1-3H3,(H,15,16). The highest BCUT2D eigenvalue weighted by atomic mass is 16.5. The van der Waals surface area contributed by atoms with E-state index in [2.05, 4.69) is 10.4 Å². The number of rotatable bonds is 4. The second-order valence-corrected chi connectivity index (χ2v) is 4.22. The van der Waals surface area contributed by atoms with Gasteiger partial charge in [-0.05, 0) is 13.0 Å². The highest BCUT2D eigenvalue weighted by Gasteiger charge is 2.05. The van der Waals surface area contributed by atoms with Crippen LogP contribution >= 0.6 is 0 Å². The largest absolute Gasteiger partial charge is 0.496 e. The van der Waals surface area contributed by atoms with Crippen molar-refractivity contribution in [1.82, 2.24) is 9.78 Å². The Bertz CT molecular complexity index is 528. The van der Waals surface area contributed by atoms with Gasteiger partial charge in [0, 0.05) is 42.7 Å². The number of nitrogens with zero attached hydrogens (tertiary/aromatic N) is 2. The molecule has 5 nitrogen and oxygen atoms in total. The molecule has 0 aliphatic rings. The number of methoxy groups -OCH3 is 1. The highest BCUT2D eigenvalue weighted by molar-refractivity contribution is 5.49. The second kappa shape index (κ2) is 5.00. The van der Waals surface area contributed by atoms with Crippen LogP contribution in [0.1, 0.15) is 11.3 Å². The molecule has 1 aromatic heterocycles. The maximum atomic E-state index is 5.72. The van der Waals surface area contributed by atoms with Crippen molar-refractivity contribution in [3.05, 3.63) is 35.5 Å². The summed E-state index contributed by atoms with van der Waals surface area (Å²) in [7, 11) is 3.56.